The maximum Gasteiger partial charge on any atom is 0.337 e. The van der Waals surface area contributed by atoms with E-state index in [2.05, 4.69) is 0 Å². The van der Waals surface area contributed by atoms with E-state index < -0.39 is 18.2 Å². The van der Waals surface area contributed by atoms with Gasteiger partial charge in [-0.25, -0.2) is 4.79 Å². The smallest absolute Gasteiger partial charge is 0.337 e. The van der Waals surface area contributed by atoms with Gasteiger partial charge in [0.1, 0.15) is 0 Å². The zero-order chi connectivity index (χ0) is 12.6. The first kappa shape index (κ1) is 11.7. The fourth-order valence-electron chi connectivity index (χ4n) is 2.04. The van der Waals surface area contributed by atoms with Crippen molar-refractivity contribution in [2.75, 3.05) is 23.7 Å². The molecule has 0 aromatic heterocycles. The third-order valence-electron chi connectivity index (χ3n) is 2.87. The molecule has 17 heavy (non-hydrogen) atoms. The Morgan fingerprint density at radius 2 is 1.88 bits per heavy atom. The molecule has 6 heteroatoms. The summed E-state index contributed by atoms with van der Waals surface area (Å²) in [6.45, 7) is 0.352. The molecule has 1 aromatic rings. The second-order valence-electron chi connectivity index (χ2n) is 4.09. The minimum absolute atomic E-state index is 0.0753. The van der Waals surface area contributed by atoms with Crippen LogP contribution < -0.4 is 10.6 Å². The Bertz CT molecular complexity index is 439. The topological polar surface area (TPSA) is 107 Å². The van der Waals surface area contributed by atoms with Gasteiger partial charge in [-0.05, 0) is 12.1 Å². The van der Waals surface area contributed by atoms with Crippen LogP contribution in [0.2, 0.25) is 0 Å². The fraction of sp³-hybridized carbons (Fsp3) is 0.364. The predicted octanol–water partition coefficient (Wildman–Crippen LogP) is -0.491. The van der Waals surface area contributed by atoms with Crippen LogP contribution in [0.1, 0.15) is 10.4 Å². The summed E-state index contributed by atoms with van der Waals surface area (Å²) < 4.78 is 0. The van der Waals surface area contributed by atoms with Crippen LogP contribution in [-0.2, 0) is 0 Å². The number of anilines is 2. The third kappa shape index (κ3) is 2.04. The molecule has 1 aliphatic rings. The van der Waals surface area contributed by atoms with Gasteiger partial charge in [0.15, 0.2) is 0 Å². The number of aliphatic hydroxyl groups is 2. The summed E-state index contributed by atoms with van der Waals surface area (Å²) in [5, 5.41) is 28.0. The van der Waals surface area contributed by atoms with E-state index in [1.807, 2.05) is 0 Å². The molecule has 6 nitrogen and oxygen atoms in total. The van der Waals surface area contributed by atoms with Crippen LogP contribution in [-0.4, -0.2) is 46.6 Å². The van der Waals surface area contributed by atoms with Crippen LogP contribution in [0.25, 0.3) is 0 Å². The highest BCUT2D eigenvalue weighted by Crippen LogP contribution is 2.30. The molecule has 1 saturated heterocycles. The first-order valence-electron chi connectivity index (χ1n) is 5.23. The molecule has 5 N–H and O–H groups in total. The molecule has 0 aliphatic carbocycles. The number of carbonyl (C=O) groups is 1. The maximum absolute atomic E-state index is 11.1. The Labute approximate surface area is 97.9 Å². The molecule has 1 aromatic carbocycles. The normalized spacial score (nSPS) is 24.0. The molecule has 0 saturated carbocycles. The number of nitrogens with two attached hydrogens (primary N) is 1. The van der Waals surface area contributed by atoms with Crippen molar-refractivity contribution in [3.63, 3.8) is 0 Å². The highest BCUT2D eigenvalue weighted by molar-refractivity contribution is 5.98. The first-order chi connectivity index (χ1) is 8.00. The first-order valence-corrected chi connectivity index (χ1v) is 5.23. The highest BCUT2D eigenvalue weighted by atomic mass is 16.4. The van der Waals surface area contributed by atoms with Gasteiger partial charge in [-0.2, -0.15) is 0 Å². The largest absolute Gasteiger partial charge is 0.478 e. The zero-order valence-corrected chi connectivity index (χ0v) is 9.08. The van der Waals surface area contributed by atoms with E-state index >= 15 is 0 Å². The minimum atomic E-state index is -1.08. The van der Waals surface area contributed by atoms with E-state index in [1.165, 1.54) is 6.07 Å². The molecule has 0 radical (unpaired) electrons. The lowest BCUT2D eigenvalue weighted by atomic mass is 10.1. The summed E-state index contributed by atoms with van der Waals surface area (Å²) in [5.74, 6) is -1.08. The van der Waals surface area contributed by atoms with Crippen molar-refractivity contribution in [2.24, 2.45) is 0 Å². The second kappa shape index (κ2) is 4.23. The van der Waals surface area contributed by atoms with Gasteiger partial charge in [-0.3, -0.25) is 0 Å². The van der Waals surface area contributed by atoms with Crippen LogP contribution >= 0.6 is 0 Å². The van der Waals surface area contributed by atoms with Crippen LogP contribution in [0.5, 0.6) is 0 Å². The van der Waals surface area contributed by atoms with E-state index in [9.17, 15) is 15.0 Å². The lowest BCUT2D eigenvalue weighted by Crippen LogP contribution is -2.24. The lowest BCUT2D eigenvalue weighted by Gasteiger charge is -2.21. The van der Waals surface area contributed by atoms with Crippen molar-refractivity contribution in [1.29, 1.82) is 0 Å². The summed E-state index contributed by atoms with van der Waals surface area (Å²) in [4.78, 5) is 12.7. The molecule has 1 aliphatic heterocycles. The Hall–Kier alpha value is -1.79. The molecule has 0 amide bonds. The number of para-hydroxylation sites is 1. The van der Waals surface area contributed by atoms with Crippen molar-refractivity contribution < 1.29 is 20.1 Å². The number of aliphatic hydroxyl groups excluding tert-OH is 2. The molecule has 2 rings (SSSR count). The molecule has 1 heterocycles. The molecular formula is C11H14N2O4. The second-order valence-corrected chi connectivity index (χ2v) is 4.09. The number of β-amino-alcohol motifs (C(OH)–C–C–N with tert-alkyl or cyclic N) is 2. The lowest BCUT2D eigenvalue weighted by molar-refractivity contribution is 0.0572. The number of carboxylic acid groups (broad SMARTS) is 1. The van der Waals surface area contributed by atoms with Gasteiger partial charge in [0.25, 0.3) is 0 Å². The Kier molecular flexibility index (Phi) is 2.91. The Morgan fingerprint density at radius 1 is 1.29 bits per heavy atom. The van der Waals surface area contributed by atoms with Crippen molar-refractivity contribution in [3.8, 4) is 0 Å². The van der Waals surface area contributed by atoms with Crippen molar-refractivity contribution >= 4 is 17.3 Å². The van der Waals surface area contributed by atoms with Crippen LogP contribution in [0.15, 0.2) is 18.2 Å². The van der Waals surface area contributed by atoms with Gasteiger partial charge < -0.3 is 26.0 Å². The van der Waals surface area contributed by atoms with E-state index in [4.69, 9.17) is 10.8 Å². The number of hydrogen-bond acceptors (Lipinski definition) is 5. The number of nitrogens with zero attached hydrogens (tertiary/aromatic N) is 1. The molecule has 2 unspecified atom stereocenters. The Balaban J connectivity index is 2.41. The van der Waals surface area contributed by atoms with Crippen LogP contribution in [0.4, 0.5) is 11.4 Å². The van der Waals surface area contributed by atoms with Gasteiger partial charge in [0.05, 0.1) is 29.1 Å². The van der Waals surface area contributed by atoms with Gasteiger partial charge in [-0.15, -0.1) is 0 Å². The van der Waals surface area contributed by atoms with Gasteiger partial charge >= 0.3 is 5.97 Å². The average molecular weight is 238 g/mol. The SMILES string of the molecule is Nc1cccc(C(=O)O)c1N1CC(O)C(O)C1. The van der Waals surface area contributed by atoms with Gasteiger partial charge in [0, 0.05) is 13.1 Å². The number of carboxylic acids is 1. The van der Waals surface area contributed by atoms with Crippen molar-refractivity contribution in [1.82, 2.24) is 0 Å². The zero-order valence-electron chi connectivity index (χ0n) is 9.08. The molecule has 0 spiro atoms. The van der Waals surface area contributed by atoms with E-state index in [0.717, 1.165) is 0 Å². The molecule has 2 atom stereocenters. The van der Waals surface area contributed by atoms with E-state index in [1.54, 1.807) is 17.0 Å². The molecule has 0 bridgehead atoms. The summed E-state index contributed by atoms with van der Waals surface area (Å²) >= 11 is 0. The van der Waals surface area contributed by atoms with Crippen molar-refractivity contribution in [3.05, 3.63) is 23.8 Å². The number of benzene rings is 1. The molecular weight excluding hydrogens is 224 g/mol. The highest BCUT2D eigenvalue weighted by Gasteiger charge is 2.32. The van der Waals surface area contributed by atoms with Gasteiger partial charge in [0.2, 0.25) is 0 Å². The number of nitrogen functional groups attached to an aromatic ring is 1. The monoisotopic (exact) mass is 238 g/mol. The predicted molar refractivity (Wildman–Crippen MR) is 62.0 cm³/mol. The standard InChI is InChI=1S/C11H14N2O4/c12-7-3-1-2-6(11(16)17)10(7)13-4-8(14)9(15)5-13/h1-3,8-9,14-15H,4-5,12H2,(H,16,17). The van der Waals surface area contributed by atoms with Gasteiger partial charge in [-0.1, -0.05) is 6.07 Å². The van der Waals surface area contributed by atoms with E-state index in [0.29, 0.717) is 11.4 Å². The summed E-state index contributed by atoms with van der Waals surface area (Å²) in [6, 6.07) is 4.61. The quantitative estimate of drug-likeness (QED) is 0.518. The number of aromatic carboxylic acids is 1. The third-order valence-corrected chi connectivity index (χ3v) is 2.87. The number of hydrogen-bond donors (Lipinski definition) is 4. The maximum atomic E-state index is 11.1. The Morgan fingerprint density at radius 3 is 2.41 bits per heavy atom. The molecule has 92 valence electrons. The summed E-state index contributed by atoms with van der Waals surface area (Å²) in [5.41, 5.74) is 6.52. The van der Waals surface area contributed by atoms with Crippen LogP contribution in [0.3, 0.4) is 0 Å². The van der Waals surface area contributed by atoms with E-state index in [-0.39, 0.29) is 18.7 Å². The summed E-state index contributed by atoms with van der Waals surface area (Å²) in [6.07, 6.45) is -1.76. The number of rotatable bonds is 2. The van der Waals surface area contributed by atoms with Crippen LogP contribution in [0, 0.1) is 0 Å². The molecule has 1 fully saturated rings. The minimum Gasteiger partial charge on any atom is -0.478 e. The van der Waals surface area contributed by atoms with Crippen molar-refractivity contribution in [2.45, 2.75) is 12.2 Å². The summed E-state index contributed by atoms with van der Waals surface area (Å²) in [7, 11) is 0. The fourth-order valence-corrected chi connectivity index (χ4v) is 2.04. The average Bonchev–Trinajstić information content (AvgIpc) is 2.58.